The highest BCUT2D eigenvalue weighted by molar-refractivity contribution is 7.08. The molecule has 126 valence electrons. The largest absolute Gasteiger partial charge is 0.352 e. The number of amides is 2. The first-order valence-corrected chi connectivity index (χ1v) is 8.71. The molecule has 0 aromatic carbocycles. The first-order valence-electron chi connectivity index (χ1n) is 7.77. The Morgan fingerprint density at radius 3 is 3.04 bits per heavy atom. The van der Waals surface area contributed by atoms with Gasteiger partial charge in [-0.25, -0.2) is 9.97 Å². The van der Waals surface area contributed by atoms with Gasteiger partial charge in [0.05, 0.1) is 22.5 Å². The first-order chi connectivity index (χ1) is 12.1. The quantitative estimate of drug-likeness (QED) is 0.754. The highest BCUT2D eigenvalue weighted by Gasteiger charge is 2.23. The summed E-state index contributed by atoms with van der Waals surface area (Å²) in [5.74, 6) is -0.0792. The predicted molar refractivity (Wildman–Crippen MR) is 94.7 cm³/mol. The average Bonchev–Trinajstić information content (AvgIpc) is 3.25. The van der Waals surface area contributed by atoms with Crippen molar-refractivity contribution in [3.05, 3.63) is 52.0 Å². The molecule has 0 spiro atoms. The third-order valence-electron chi connectivity index (χ3n) is 4.18. The van der Waals surface area contributed by atoms with E-state index in [-0.39, 0.29) is 17.8 Å². The molecule has 25 heavy (non-hydrogen) atoms. The van der Waals surface area contributed by atoms with Crippen LogP contribution in [0.2, 0.25) is 0 Å². The summed E-state index contributed by atoms with van der Waals surface area (Å²) in [6.45, 7) is 0.634. The monoisotopic (exact) mass is 353 g/mol. The smallest absolute Gasteiger partial charge is 0.258 e. The van der Waals surface area contributed by atoms with E-state index in [4.69, 9.17) is 0 Å². The van der Waals surface area contributed by atoms with Crippen molar-refractivity contribution < 1.29 is 9.59 Å². The number of nitrogens with one attached hydrogen (secondary N) is 2. The molecule has 4 rings (SSSR count). The number of hydrogen-bond donors (Lipinski definition) is 2. The van der Waals surface area contributed by atoms with Gasteiger partial charge in [-0.05, 0) is 23.6 Å². The highest BCUT2D eigenvalue weighted by atomic mass is 32.1. The lowest BCUT2D eigenvalue weighted by Gasteiger charge is -2.14. The maximum atomic E-state index is 12.1. The van der Waals surface area contributed by atoms with Gasteiger partial charge < -0.3 is 9.88 Å². The summed E-state index contributed by atoms with van der Waals surface area (Å²) >= 11 is 1.45. The van der Waals surface area contributed by atoms with Crippen LogP contribution in [0.5, 0.6) is 0 Å². The summed E-state index contributed by atoms with van der Waals surface area (Å²) < 4.78 is 1.97. The van der Waals surface area contributed by atoms with E-state index in [0.29, 0.717) is 23.4 Å². The predicted octanol–water partition coefficient (Wildman–Crippen LogP) is 2.08. The average molecular weight is 353 g/mol. The number of hydrogen-bond acceptors (Lipinski definition) is 5. The van der Waals surface area contributed by atoms with Gasteiger partial charge in [-0.1, -0.05) is 0 Å². The van der Waals surface area contributed by atoms with Crippen LogP contribution in [0.4, 0.5) is 5.95 Å². The van der Waals surface area contributed by atoms with Crippen molar-refractivity contribution in [2.75, 3.05) is 11.9 Å². The van der Waals surface area contributed by atoms with Gasteiger partial charge in [0, 0.05) is 37.3 Å². The van der Waals surface area contributed by atoms with Crippen molar-refractivity contribution in [2.45, 2.75) is 6.42 Å². The van der Waals surface area contributed by atoms with Crippen molar-refractivity contribution in [1.82, 2.24) is 19.9 Å². The van der Waals surface area contributed by atoms with Gasteiger partial charge in [0.25, 0.3) is 11.8 Å². The molecule has 7 nitrogen and oxygen atoms in total. The van der Waals surface area contributed by atoms with Gasteiger partial charge in [-0.3, -0.25) is 14.9 Å². The number of rotatable bonds is 3. The van der Waals surface area contributed by atoms with E-state index in [2.05, 4.69) is 20.6 Å². The van der Waals surface area contributed by atoms with E-state index >= 15 is 0 Å². The van der Waals surface area contributed by atoms with Crippen molar-refractivity contribution in [2.24, 2.45) is 7.05 Å². The van der Waals surface area contributed by atoms with Crippen molar-refractivity contribution in [3.8, 4) is 11.4 Å². The summed E-state index contributed by atoms with van der Waals surface area (Å²) in [7, 11) is 1.92. The molecule has 0 fully saturated rings. The third kappa shape index (κ3) is 2.80. The van der Waals surface area contributed by atoms with Crippen molar-refractivity contribution >= 4 is 29.1 Å². The molecule has 0 aliphatic carbocycles. The zero-order chi connectivity index (χ0) is 17.4. The maximum Gasteiger partial charge on any atom is 0.258 e. The molecule has 3 aromatic rings. The molecule has 0 radical (unpaired) electrons. The third-order valence-corrected chi connectivity index (χ3v) is 4.86. The number of thiophene rings is 1. The molecule has 2 amide bonds. The van der Waals surface area contributed by atoms with Crippen LogP contribution in [0.15, 0.2) is 35.2 Å². The zero-order valence-electron chi connectivity index (χ0n) is 13.4. The van der Waals surface area contributed by atoms with E-state index in [1.807, 2.05) is 23.1 Å². The fraction of sp³-hybridized carbons (Fsp3) is 0.176. The van der Waals surface area contributed by atoms with Crippen LogP contribution in [-0.4, -0.2) is 32.9 Å². The fourth-order valence-electron chi connectivity index (χ4n) is 2.91. The minimum Gasteiger partial charge on any atom is -0.352 e. The topological polar surface area (TPSA) is 88.9 Å². The van der Waals surface area contributed by atoms with Gasteiger partial charge in [0.15, 0.2) is 0 Å². The summed E-state index contributed by atoms with van der Waals surface area (Å²) in [4.78, 5) is 32.7. The molecular weight excluding hydrogens is 338 g/mol. The summed E-state index contributed by atoms with van der Waals surface area (Å²) in [6.07, 6.45) is 2.38. The molecule has 1 aliphatic rings. The molecule has 0 unspecified atom stereocenters. The Kier molecular flexibility index (Phi) is 3.81. The molecule has 1 aliphatic heterocycles. The Morgan fingerprint density at radius 2 is 2.28 bits per heavy atom. The second kappa shape index (κ2) is 6.14. The SMILES string of the molecule is Cn1c(-c2ccnc(NC(=O)c3ccsc3)n2)cc2c1CCNC2=O. The second-order valence-electron chi connectivity index (χ2n) is 5.69. The van der Waals surface area contributed by atoms with Crippen LogP contribution in [0, 0.1) is 0 Å². The molecular formula is C17H15N5O2S. The Labute approximate surface area is 147 Å². The molecule has 3 aromatic heterocycles. The van der Waals surface area contributed by atoms with Crippen LogP contribution in [0.25, 0.3) is 11.4 Å². The number of aromatic nitrogens is 3. The van der Waals surface area contributed by atoms with E-state index in [1.54, 1.807) is 23.7 Å². The number of carbonyl (C=O) groups is 2. The molecule has 8 heteroatoms. The summed E-state index contributed by atoms with van der Waals surface area (Å²) in [5, 5.41) is 9.15. The number of anilines is 1. The number of fused-ring (bicyclic) bond motifs is 1. The van der Waals surface area contributed by atoms with Crippen molar-refractivity contribution in [3.63, 3.8) is 0 Å². The Balaban J connectivity index is 1.66. The fourth-order valence-corrected chi connectivity index (χ4v) is 3.54. The molecule has 0 bridgehead atoms. The zero-order valence-corrected chi connectivity index (χ0v) is 14.3. The first kappa shape index (κ1) is 15.5. The van der Waals surface area contributed by atoms with Gasteiger partial charge in [-0.2, -0.15) is 11.3 Å². The van der Waals surface area contributed by atoms with Crippen LogP contribution >= 0.6 is 11.3 Å². The Bertz CT molecular complexity index is 962. The summed E-state index contributed by atoms with van der Waals surface area (Å²) in [5.41, 5.74) is 3.70. The molecule has 0 saturated carbocycles. The van der Waals surface area contributed by atoms with Gasteiger partial charge >= 0.3 is 0 Å². The van der Waals surface area contributed by atoms with E-state index in [1.165, 1.54) is 11.3 Å². The maximum absolute atomic E-state index is 12.1. The van der Waals surface area contributed by atoms with Gasteiger partial charge in [0.2, 0.25) is 5.95 Å². The highest BCUT2D eigenvalue weighted by Crippen LogP contribution is 2.26. The molecule has 4 heterocycles. The number of nitrogens with zero attached hydrogens (tertiary/aromatic N) is 3. The Morgan fingerprint density at radius 1 is 1.40 bits per heavy atom. The lowest BCUT2D eigenvalue weighted by Crippen LogP contribution is -2.31. The number of carbonyl (C=O) groups excluding carboxylic acids is 2. The van der Waals surface area contributed by atoms with E-state index in [9.17, 15) is 9.59 Å². The summed E-state index contributed by atoms with van der Waals surface area (Å²) in [6, 6.07) is 5.34. The van der Waals surface area contributed by atoms with Crippen LogP contribution in [0.1, 0.15) is 26.4 Å². The minimum absolute atomic E-state index is 0.0665. The normalized spacial score (nSPS) is 13.2. The molecule has 0 saturated heterocycles. The van der Waals surface area contributed by atoms with Crippen molar-refractivity contribution in [1.29, 1.82) is 0 Å². The second-order valence-corrected chi connectivity index (χ2v) is 6.47. The minimum atomic E-state index is -0.246. The van der Waals surface area contributed by atoms with Gasteiger partial charge in [0.1, 0.15) is 0 Å². The standard InChI is InChI=1S/C17H15N5O2S/c1-22-13-3-6-18-16(24)11(13)8-14(22)12-2-5-19-17(20-12)21-15(23)10-4-7-25-9-10/h2,4-5,7-9H,3,6H2,1H3,(H,18,24)(H,19,20,21,23). The van der Waals surface area contributed by atoms with Crippen LogP contribution in [-0.2, 0) is 13.5 Å². The lowest BCUT2D eigenvalue weighted by molar-refractivity contribution is 0.0944. The van der Waals surface area contributed by atoms with E-state index in [0.717, 1.165) is 17.8 Å². The molecule has 2 N–H and O–H groups in total. The molecule has 0 atom stereocenters. The van der Waals surface area contributed by atoms with Crippen LogP contribution < -0.4 is 10.6 Å². The van der Waals surface area contributed by atoms with Gasteiger partial charge in [-0.15, -0.1) is 0 Å². The Hall–Kier alpha value is -3.00. The van der Waals surface area contributed by atoms with E-state index < -0.39 is 0 Å². The van der Waals surface area contributed by atoms with Crippen LogP contribution in [0.3, 0.4) is 0 Å². The lowest BCUT2D eigenvalue weighted by atomic mass is 10.1.